The van der Waals surface area contributed by atoms with Crippen LogP contribution < -0.4 is 0 Å². The van der Waals surface area contributed by atoms with E-state index in [0.717, 1.165) is 24.8 Å². The van der Waals surface area contributed by atoms with Crippen molar-refractivity contribution in [3.05, 3.63) is 23.3 Å². The highest BCUT2D eigenvalue weighted by Gasteiger charge is 2.38. The molecule has 0 saturated heterocycles. The van der Waals surface area contributed by atoms with Gasteiger partial charge in [-0.1, -0.05) is 11.6 Å². The van der Waals surface area contributed by atoms with Gasteiger partial charge in [-0.2, -0.15) is 0 Å². The zero-order valence-electron chi connectivity index (χ0n) is 8.09. The van der Waals surface area contributed by atoms with Gasteiger partial charge in [-0.3, -0.25) is 0 Å². The maximum Gasteiger partial charge on any atom is 0.334 e. The number of hydrogen-bond donors (Lipinski definition) is 0. The largest absolute Gasteiger partial charge is 0.451 e. The van der Waals surface area contributed by atoms with Gasteiger partial charge in [0.05, 0.1) is 0 Å². The molecule has 70 valence electrons. The van der Waals surface area contributed by atoms with E-state index >= 15 is 0 Å². The van der Waals surface area contributed by atoms with Crippen LogP contribution in [0.2, 0.25) is 0 Å². The summed E-state index contributed by atoms with van der Waals surface area (Å²) < 4.78 is 5.37. The van der Waals surface area contributed by atoms with Crippen LogP contribution >= 0.6 is 0 Å². The van der Waals surface area contributed by atoms with Gasteiger partial charge in [-0.25, -0.2) is 4.79 Å². The Morgan fingerprint density at radius 1 is 1.46 bits per heavy atom. The molecule has 2 aliphatic rings. The molecule has 0 bridgehead atoms. The predicted molar refractivity (Wildman–Crippen MR) is 50.2 cm³/mol. The SMILES string of the molecule is CC1=CCC2(C=C(C)C(=O)O2)CC1. The quantitative estimate of drug-likeness (QED) is 0.420. The summed E-state index contributed by atoms with van der Waals surface area (Å²) in [4.78, 5) is 11.2. The van der Waals surface area contributed by atoms with Crippen LogP contribution in [-0.2, 0) is 9.53 Å². The Bertz CT molecular complexity index is 312. The highest BCUT2D eigenvalue weighted by Crippen LogP contribution is 2.37. The molecule has 0 amide bonds. The lowest BCUT2D eigenvalue weighted by Gasteiger charge is -2.29. The number of carbonyl (C=O) groups excluding carboxylic acids is 1. The van der Waals surface area contributed by atoms with Gasteiger partial charge in [0.25, 0.3) is 0 Å². The summed E-state index contributed by atoms with van der Waals surface area (Å²) in [5.74, 6) is -0.145. The van der Waals surface area contributed by atoms with Crippen LogP contribution in [0.25, 0.3) is 0 Å². The lowest BCUT2D eigenvalue weighted by atomic mass is 9.86. The Labute approximate surface area is 78.3 Å². The van der Waals surface area contributed by atoms with E-state index in [2.05, 4.69) is 13.0 Å². The first kappa shape index (κ1) is 8.54. The lowest BCUT2D eigenvalue weighted by Crippen LogP contribution is -2.29. The maximum absolute atomic E-state index is 11.2. The second-order valence-corrected chi connectivity index (χ2v) is 4.04. The second-order valence-electron chi connectivity index (χ2n) is 4.04. The highest BCUT2D eigenvalue weighted by molar-refractivity contribution is 5.90. The first-order valence-corrected chi connectivity index (χ1v) is 4.70. The van der Waals surface area contributed by atoms with Crippen LogP contribution in [0.3, 0.4) is 0 Å². The molecule has 2 heteroatoms. The molecule has 0 aromatic rings. The highest BCUT2D eigenvalue weighted by atomic mass is 16.6. The molecule has 1 heterocycles. The predicted octanol–water partition coefficient (Wildman–Crippen LogP) is 2.36. The van der Waals surface area contributed by atoms with E-state index < -0.39 is 0 Å². The van der Waals surface area contributed by atoms with Gasteiger partial charge in [0, 0.05) is 12.0 Å². The van der Waals surface area contributed by atoms with Crippen molar-refractivity contribution in [1.82, 2.24) is 0 Å². The van der Waals surface area contributed by atoms with Gasteiger partial charge in [0.1, 0.15) is 5.60 Å². The van der Waals surface area contributed by atoms with Crippen molar-refractivity contribution in [2.24, 2.45) is 0 Å². The fraction of sp³-hybridized carbons (Fsp3) is 0.545. The van der Waals surface area contributed by atoms with Crippen LogP contribution in [0.1, 0.15) is 33.1 Å². The van der Waals surface area contributed by atoms with E-state index in [0.29, 0.717) is 0 Å². The summed E-state index contributed by atoms with van der Waals surface area (Å²) in [5, 5.41) is 0. The molecule has 2 rings (SSSR count). The van der Waals surface area contributed by atoms with Crippen LogP contribution in [0.4, 0.5) is 0 Å². The fourth-order valence-corrected chi connectivity index (χ4v) is 1.93. The molecule has 13 heavy (non-hydrogen) atoms. The Balaban J connectivity index is 2.22. The van der Waals surface area contributed by atoms with Crippen LogP contribution in [0, 0.1) is 0 Å². The third-order valence-electron chi connectivity index (χ3n) is 2.84. The van der Waals surface area contributed by atoms with Crippen molar-refractivity contribution in [2.45, 2.75) is 38.7 Å². The number of rotatable bonds is 0. The monoisotopic (exact) mass is 178 g/mol. The zero-order chi connectivity index (χ0) is 9.47. The summed E-state index contributed by atoms with van der Waals surface area (Å²) in [7, 11) is 0. The summed E-state index contributed by atoms with van der Waals surface area (Å²) in [6.45, 7) is 3.95. The Morgan fingerprint density at radius 2 is 2.23 bits per heavy atom. The fourth-order valence-electron chi connectivity index (χ4n) is 1.93. The minimum Gasteiger partial charge on any atom is -0.451 e. The molecule has 1 unspecified atom stereocenters. The van der Waals surface area contributed by atoms with Crippen LogP contribution in [-0.4, -0.2) is 11.6 Å². The standard InChI is InChI=1S/C11H14O2/c1-8-3-5-11(6-4-8)7-9(2)10(12)13-11/h3,7H,4-6H2,1-2H3. The average molecular weight is 178 g/mol. The second kappa shape index (κ2) is 2.72. The number of allylic oxidation sites excluding steroid dienone is 1. The minimum atomic E-state index is -0.291. The van der Waals surface area contributed by atoms with Crippen molar-refractivity contribution in [3.63, 3.8) is 0 Å². The van der Waals surface area contributed by atoms with E-state index in [1.807, 2.05) is 13.0 Å². The molecule has 1 spiro atoms. The molecule has 0 radical (unpaired) electrons. The lowest BCUT2D eigenvalue weighted by molar-refractivity contribution is -0.146. The summed E-state index contributed by atoms with van der Waals surface area (Å²) in [5.41, 5.74) is 1.87. The maximum atomic E-state index is 11.2. The molecule has 1 aliphatic heterocycles. The van der Waals surface area contributed by atoms with Gasteiger partial charge >= 0.3 is 5.97 Å². The van der Waals surface area contributed by atoms with Crippen LogP contribution in [0.15, 0.2) is 23.3 Å². The number of carbonyl (C=O) groups is 1. The minimum absolute atomic E-state index is 0.145. The van der Waals surface area contributed by atoms with Crippen molar-refractivity contribution in [1.29, 1.82) is 0 Å². The van der Waals surface area contributed by atoms with Crippen molar-refractivity contribution in [2.75, 3.05) is 0 Å². The third-order valence-corrected chi connectivity index (χ3v) is 2.84. The van der Waals surface area contributed by atoms with E-state index in [1.54, 1.807) is 0 Å². The van der Waals surface area contributed by atoms with Gasteiger partial charge in [0.2, 0.25) is 0 Å². The Kier molecular flexibility index (Phi) is 1.79. The Hall–Kier alpha value is -1.05. The smallest absolute Gasteiger partial charge is 0.334 e. The summed E-state index contributed by atoms with van der Waals surface area (Å²) in [6, 6.07) is 0. The van der Waals surface area contributed by atoms with E-state index in [1.165, 1.54) is 5.57 Å². The van der Waals surface area contributed by atoms with Gasteiger partial charge in [-0.05, 0) is 32.8 Å². The first-order chi connectivity index (χ1) is 6.11. The van der Waals surface area contributed by atoms with Gasteiger partial charge in [0.15, 0.2) is 0 Å². The van der Waals surface area contributed by atoms with E-state index in [4.69, 9.17) is 4.74 Å². The van der Waals surface area contributed by atoms with Gasteiger partial charge in [-0.15, -0.1) is 0 Å². The topological polar surface area (TPSA) is 26.3 Å². The van der Waals surface area contributed by atoms with Gasteiger partial charge < -0.3 is 4.74 Å². The van der Waals surface area contributed by atoms with E-state index in [9.17, 15) is 4.79 Å². The van der Waals surface area contributed by atoms with Crippen molar-refractivity contribution in [3.8, 4) is 0 Å². The average Bonchev–Trinajstić information content (AvgIpc) is 2.36. The van der Waals surface area contributed by atoms with Crippen molar-refractivity contribution >= 4 is 5.97 Å². The van der Waals surface area contributed by atoms with Crippen LogP contribution in [0.5, 0.6) is 0 Å². The molecule has 1 atom stereocenters. The summed E-state index contributed by atoms with van der Waals surface area (Å²) in [6.07, 6.45) is 6.99. The summed E-state index contributed by atoms with van der Waals surface area (Å²) >= 11 is 0. The molecule has 0 N–H and O–H groups in total. The molecule has 0 aromatic heterocycles. The molecule has 1 aliphatic carbocycles. The molecular weight excluding hydrogens is 164 g/mol. The Morgan fingerprint density at radius 3 is 2.69 bits per heavy atom. The van der Waals surface area contributed by atoms with Crippen molar-refractivity contribution < 1.29 is 9.53 Å². The molecule has 2 nitrogen and oxygen atoms in total. The third kappa shape index (κ3) is 1.41. The molecule has 0 fully saturated rings. The first-order valence-electron chi connectivity index (χ1n) is 4.70. The normalized spacial score (nSPS) is 32.9. The number of esters is 1. The zero-order valence-corrected chi connectivity index (χ0v) is 8.09. The molecule has 0 aromatic carbocycles. The van der Waals surface area contributed by atoms with E-state index in [-0.39, 0.29) is 11.6 Å². The molecule has 0 saturated carbocycles. The number of hydrogen-bond acceptors (Lipinski definition) is 2. The number of ether oxygens (including phenoxy) is 1. The molecular formula is C11H14O2.